The fraction of sp³-hybridized carbons (Fsp3) is 0.0952. The number of rotatable bonds is 3. The molecule has 6 nitrogen and oxygen atoms in total. The van der Waals surface area contributed by atoms with E-state index in [-0.39, 0.29) is 11.3 Å². The number of hydrogen-bond acceptors (Lipinski definition) is 5. The van der Waals surface area contributed by atoms with Crippen LogP contribution in [-0.4, -0.2) is 23.2 Å². The van der Waals surface area contributed by atoms with Crippen molar-refractivity contribution in [2.24, 2.45) is 0 Å². The van der Waals surface area contributed by atoms with Crippen molar-refractivity contribution in [3.63, 3.8) is 0 Å². The Kier molecular flexibility index (Phi) is 4.77. The number of nitrogens with one attached hydrogen (secondary N) is 1. The molecular weight excluding hydrogens is 344 g/mol. The van der Waals surface area contributed by atoms with E-state index in [1.165, 1.54) is 7.11 Å². The molecule has 2 N–H and O–H groups in total. The number of carbonyl (C=O) groups excluding carboxylic acids is 1. The highest BCUT2D eigenvalue weighted by molar-refractivity contribution is 5.92. The van der Waals surface area contributed by atoms with Gasteiger partial charge in [-0.25, -0.2) is 4.79 Å². The summed E-state index contributed by atoms with van der Waals surface area (Å²) in [5.74, 6) is -0.564. The SMILES string of the molecule is COC(=O)c1cccc(-c2cccc(-c3cc(C)[nH]c(=O)c3C#N)c2O)c1. The molecule has 0 amide bonds. The minimum absolute atomic E-state index is 0.0728. The third kappa shape index (κ3) is 3.31. The van der Waals surface area contributed by atoms with E-state index < -0.39 is 11.5 Å². The van der Waals surface area contributed by atoms with Crippen LogP contribution in [0.4, 0.5) is 0 Å². The van der Waals surface area contributed by atoms with Crippen LogP contribution in [0, 0.1) is 18.3 Å². The molecule has 134 valence electrons. The maximum absolute atomic E-state index is 12.1. The number of nitrogens with zero attached hydrogens (tertiary/aromatic N) is 1. The van der Waals surface area contributed by atoms with Gasteiger partial charge in [-0.15, -0.1) is 0 Å². The van der Waals surface area contributed by atoms with E-state index in [9.17, 15) is 20.0 Å². The van der Waals surface area contributed by atoms with Crippen molar-refractivity contribution < 1.29 is 14.6 Å². The van der Waals surface area contributed by atoms with Gasteiger partial charge in [0.15, 0.2) is 0 Å². The summed E-state index contributed by atoms with van der Waals surface area (Å²) in [7, 11) is 1.30. The molecule has 6 heteroatoms. The summed E-state index contributed by atoms with van der Waals surface area (Å²) in [6, 6.07) is 15.2. The molecule has 0 aliphatic heterocycles. The zero-order valence-corrected chi connectivity index (χ0v) is 14.7. The van der Waals surface area contributed by atoms with E-state index in [0.29, 0.717) is 33.5 Å². The van der Waals surface area contributed by atoms with Gasteiger partial charge in [-0.05, 0) is 30.7 Å². The number of aromatic nitrogens is 1. The molecule has 0 fully saturated rings. The number of aryl methyl sites for hydroxylation is 1. The maximum atomic E-state index is 12.1. The largest absolute Gasteiger partial charge is 0.507 e. The van der Waals surface area contributed by atoms with E-state index in [1.54, 1.807) is 55.5 Å². The van der Waals surface area contributed by atoms with Crippen molar-refractivity contribution in [3.05, 3.63) is 75.7 Å². The number of phenolic OH excluding ortho intramolecular Hbond substituents is 1. The molecule has 1 aromatic heterocycles. The van der Waals surface area contributed by atoms with Gasteiger partial charge in [-0.1, -0.05) is 30.3 Å². The van der Waals surface area contributed by atoms with Gasteiger partial charge in [0.2, 0.25) is 0 Å². The molecule has 3 rings (SSSR count). The molecule has 0 saturated heterocycles. The zero-order chi connectivity index (χ0) is 19.6. The minimum Gasteiger partial charge on any atom is -0.507 e. The van der Waals surface area contributed by atoms with Gasteiger partial charge < -0.3 is 14.8 Å². The summed E-state index contributed by atoms with van der Waals surface area (Å²) >= 11 is 0. The molecular formula is C21H16N2O4. The van der Waals surface area contributed by atoms with Gasteiger partial charge >= 0.3 is 5.97 Å². The Morgan fingerprint density at radius 1 is 1.11 bits per heavy atom. The van der Waals surface area contributed by atoms with Crippen LogP contribution in [0.3, 0.4) is 0 Å². The predicted molar refractivity (Wildman–Crippen MR) is 100 cm³/mol. The molecule has 0 aliphatic rings. The summed E-state index contributed by atoms with van der Waals surface area (Å²) in [5.41, 5.74) is 2.14. The number of para-hydroxylation sites is 1. The quantitative estimate of drug-likeness (QED) is 0.697. The highest BCUT2D eigenvalue weighted by atomic mass is 16.5. The molecule has 1 heterocycles. The van der Waals surface area contributed by atoms with Crippen molar-refractivity contribution in [3.8, 4) is 34.1 Å². The van der Waals surface area contributed by atoms with Crippen LogP contribution in [0.5, 0.6) is 5.75 Å². The predicted octanol–water partition coefficient (Wildman–Crippen LogP) is 3.38. The molecule has 0 aliphatic carbocycles. The Morgan fingerprint density at radius 3 is 2.52 bits per heavy atom. The Morgan fingerprint density at radius 2 is 1.81 bits per heavy atom. The van der Waals surface area contributed by atoms with Gasteiger partial charge in [0.1, 0.15) is 17.4 Å². The molecule has 27 heavy (non-hydrogen) atoms. The second-order valence-corrected chi connectivity index (χ2v) is 5.96. The van der Waals surface area contributed by atoms with Crippen LogP contribution in [0.15, 0.2) is 53.3 Å². The number of pyridine rings is 1. The maximum Gasteiger partial charge on any atom is 0.337 e. The Bertz CT molecular complexity index is 1140. The lowest BCUT2D eigenvalue weighted by molar-refractivity contribution is 0.0601. The summed E-state index contributed by atoms with van der Waals surface area (Å²) < 4.78 is 4.73. The number of methoxy groups -OCH3 is 1. The number of nitriles is 1. The van der Waals surface area contributed by atoms with E-state index in [4.69, 9.17) is 4.74 Å². The van der Waals surface area contributed by atoms with Crippen LogP contribution in [0.25, 0.3) is 22.3 Å². The number of phenols is 1. The first kappa shape index (κ1) is 18.0. The van der Waals surface area contributed by atoms with Gasteiger partial charge in [-0.2, -0.15) is 5.26 Å². The number of ether oxygens (including phenoxy) is 1. The van der Waals surface area contributed by atoms with Gasteiger partial charge in [-0.3, -0.25) is 4.79 Å². The van der Waals surface area contributed by atoms with E-state index >= 15 is 0 Å². The monoisotopic (exact) mass is 360 g/mol. The molecule has 0 unspecified atom stereocenters. The van der Waals surface area contributed by atoms with Crippen LogP contribution >= 0.6 is 0 Å². The second-order valence-electron chi connectivity index (χ2n) is 5.96. The van der Waals surface area contributed by atoms with Crippen LogP contribution in [0.1, 0.15) is 21.6 Å². The first-order valence-electron chi connectivity index (χ1n) is 8.11. The average Bonchev–Trinajstić information content (AvgIpc) is 2.67. The first-order valence-corrected chi connectivity index (χ1v) is 8.11. The highest BCUT2D eigenvalue weighted by Crippen LogP contribution is 2.38. The molecule has 2 aromatic carbocycles. The lowest BCUT2D eigenvalue weighted by atomic mass is 9.94. The molecule has 0 radical (unpaired) electrons. The number of aromatic amines is 1. The van der Waals surface area contributed by atoms with Crippen molar-refractivity contribution in [2.45, 2.75) is 6.92 Å². The lowest BCUT2D eigenvalue weighted by Gasteiger charge is -2.12. The molecule has 0 spiro atoms. The number of esters is 1. The molecule has 3 aromatic rings. The van der Waals surface area contributed by atoms with Crippen molar-refractivity contribution in [1.82, 2.24) is 4.98 Å². The average molecular weight is 360 g/mol. The van der Waals surface area contributed by atoms with Gasteiger partial charge in [0.05, 0.1) is 12.7 Å². The number of H-pyrrole nitrogens is 1. The van der Waals surface area contributed by atoms with Crippen molar-refractivity contribution >= 4 is 5.97 Å². The van der Waals surface area contributed by atoms with Crippen LogP contribution in [0.2, 0.25) is 0 Å². The molecule has 0 bridgehead atoms. The Labute approximate surface area is 155 Å². The molecule has 0 atom stereocenters. The summed E-state index contributed by atoms with van der Waals surface area (Å²) in [6.45, 7) is 1.70. The normalized spacial score (nSPS) is 10.3. The topological polar surface area (TPSA) is 103 Å². The minimum atomic E-state index is -0.509. The summed E-state index contributed by atoms with van der Waals surface area (Å²) in [6.07, 6.45) is 0. The van der Waals surface area contributed by atoms with Crippen LogP contribution < -0.4 is 5.56 Å². The van der Waals surface area contributed by atoms with Crippen LogP contribution in [-0.2, 0) is 4.74 Å². The van der Waals surface area contributed by atoms with E-state index in [0.717, 1.165) is 0 Å². The van der Waals surface area contributed by atoms with E-state index in [2.05, 4.69) is 4.98 Å². The number of hydrogen-bond donors (Lipinski definition) is 2. The number of benzene rings is 2. The Balaban J connectivity index is 2.22. The van der Waals surface area contributed by atoms with Gasteiger partial charge in [0.25, 0.3) is 5.56 Å². The summed E-state index contributed by atoms with van der Waals surface area (Å²) in [4.78, 5) is 26.4. The molecule has 0 saturated carbocycles. The standard InChI is InChI=1S/C21H16N2O4/c1-12-9-17(18(11-22)20(25)23-12)16-8-4-7-15(19(16)24)13-5-3-6-14(10-13)21(26)27-2/h3-10,24H,1-2H3,(H,23,25). The van der Waals surface area contributed by atoms with Crippen molar-refractivity contribution in [2.75, 3.05) is 7.11 Å². The summed E-state index contributed by atoms with van der Waals surface area (Å²) in [5, 5.41) is 20.2. The number of carbonyl (C=O) groups is 1. The zero-order valence-electron chi connectivity index (χ0n) is 14.7. The fourth-order valence-electron chi connectivity index (χ4n) is 2.94. The van der Waals surface area contributed by atoms with E-state index in [1.807, 2.05) is 6.07 Å². The fourth-order valence-corrected chi connectivity index (χ4v) is 2.94. The smallest absolute Gasteiger partial charge is 0.337 e. The van der Waals surface area contributed by atoms with Gasteiger partial charge in [0, 0.05) is 22.4 Å². The first-order chi connectivity index (χ1) is 13.0. The van der Waals surface area contributed by atoms with Crippen molar-refractivity contribution in [1.29, 1.82) is 5.26 Å². The highest BCUT2D eigenvalue weighted by Gasteiger charge is 2.17. The Hall–Kier alpha value is -3.85. The third-order valence-electron chi connectivity index (χ3n) is 4.20. The number of aromatic hydroxyl groups is 1. The lowest BCUT2D eigenvalue weighted by Crippen LogP contribution is -2.12. The second kappa shape index (κ2) is 7.18. The third-order valence-corrected chi connectivity index (χ3v) is 4.20.